The summed E-state index contributed by atoms with van der Waals surface area (Å²) < 4.78 is 4.57. The van der Waals surface area contributed by atoms with E-state index < -0.39 is 0 Å². The number of anilines is 1. The molecule has 0 radical (unpaired) electrons. The van der Waals surface area contributed by atoms with Crippen LogP contribution in [-0.2, 0) is 13.6 Å². The van der Waals surface area contributed by atoms with Crippen molar-refractivity contribution in [2.24, 2.45) is 7.05 Å². The molecule has 0 aliphatic rings. The highest BCUT2D eigenvalue weighted by molar-refractivity contribution is 14.1. The SMILES string of the molecule is Cc1c(Cn2nc(I)c3c(N)ncnc32)c(-c2ccccc2)nn1C. The Hall–Kier alpha value is -2.49. The van der Waals surface area contributed by atoms with Crippen LogP contribution in [0.2, 0.25) is 0 Å². The van der Waals surface area contributed by atoms with Crippen molar-refractivity contribution in [2.75, 3.05) is 5.73 Å². The van der Waals surface area contributed by atoms with E-state index in [2.05, 4.69) is 56.7 Å². The molecule has 0 amide bonds. The molecule has 126 valence electrons. The van der Waals surface area contributed by atoms with Gasteiger partial charge in [-0.2, -0.15) is 10.2 Å². The highest BCUT2D eigenvalue weighted by Gasteiger charge is 2.19. The van der Waals surface area contributed by atoms with Crippen LogP contribution in [0.3, 0.4) is 0 Å². The van der Waals surface area contributed by atoms with E-state index in [0.717, 1.165) is 37.2 Å². The number of halogens is 1. The van der Waals surface area contributed by atoms with Crippen LogP contribution in [0.1, 0.15) is 11.3 Å². The van der Waals surface area contributed by atoms with Gasteiger partial charge in [0.05, 0.1) is 17.6 Å². The first-order valence-corrected chi connectivity index (χ1v) is 8.84. The van der Waals surface area contributed by atoms with Gasteiger partial charge < -0.3 is 5.73 Å². The number of benzene rings is 1. The summed E-state index contributed by atoms with van der Waals surface area (Å²) in [5.41, 5.74) is 11.0. The maximum absolute atomic E-state index is 5.99. The minimum Gasteiger partial charge on any atom is -0.383 e. The Balaban J connectivity index is 1.87. The summed E-state index contributed by atoms with van der Waals surface area (Å²) >= 11 is 2.17. The molecule has 3 heterocycles. The van der Waals surface area contributed by atoms with Gasteiger partial charge in [0.15, 0.2) is 5.65 Å². The molecule has 3 aromatic heterocycles. The Labute approximate surface area is 158 Å². The second-order valence-corrected chi connectivity index (χ2v) is 6.83. The molecule has 4 aromatic rings. The van der Waals surface area contributed by atoms with Gasteiger partial charge in [-0.1, -0.05) is 30.3 Å². The van der Waals surface area contributed by atoms with E-state index in [1.165, 1.54) is 6.33 Å². The zero-order valence-corrected chi connectivity index (χ0v) is 16.0. The molecule has 0 saturated heterocycles. The lowest BCUT2D eigenvalue weighted by atomic mass is 10.1. The predicted octanol–water partition coefficient (Wildman–Crippen LogP) is 2.77. The Kier molecular flexibility index (Phi) is 3.91. The van der Waals surface area contributed by atoms with Crippen LogP contribution in [0.5, 0.6) is 0 Å². The van der Waals surface area contributed by atoms with Gasteiger partial charge in [-0.25, -0.2) is 14.6 Å². The number of aryl methyl sites for hydroxylation is 1. The van der Waals surface area contributed by atoms with Crippen LogP contribution in [0.25, 0.3) is 22.3 Å². The van der Waals surface area contributed by atoms with Crippen LogP contribution in [0.4, 0.5) is 5.82 Å². The highest BCUT2D eigenvalue weighted by Crippen LogP contribution is 2.28. The van der Waals surface area contributed by atoms with E-state index in [-0.39, 0.29) is 0 Å². The minimum atomic E-state index is 0.451. The molecule has 25 heavy (non-hydrogen) atoms. The second-order valence-electron chi connectivity index (χ2n) is 5.81. The topological polar surface area (TPSA) is 87.4 Å². The van der Waals surface area contributed by atoms with E-state index in [4.69, 9.17) is 10.8 Å². The Morgan fingerprint density at radius 2 is 1.88 bits per heavy atom. The summed E-state index contributed by atoms with van der Waals surface area (Å²) in [5.74, 6) is 0.451. The van der Waals surface area contributed by atoms with Crippen LogP contribution in [-0.4, -0.2) is 29.5 Å². The zero-order valence-electron chi connectivity index (χ0n) is 13.8. The highest BCUT2D eigenvalue weighted by atomic mass is 127. The molecule has 2 N–H and O–H groups in total. The number of nitrogens with two attached hydrogens (primary N) is 1. The number of hydrogen-bond donors (Lipinski definition) is 1. The molecule has 0 fully saturated rings. The first-order valence-electron chi connectivity index (χ1n) is 7.76. The number of nitrogen functional groups attached to an aromatic ring is 1. The van der Waals surface area contributed by atoms with Crippen LogP contribution in [0, 0.1) is 10.6 Å². The predicted molar refractivity (Wildman–Crippen MR) is 105 cm³/mol. The fourth-order valence-corrected chi connectivity index (χ4v) is 3.69. The van der Waals surface area contributed by atoms with E-state index in [1.54, 1.807) is 0 Å². The molecule has 0 bridgehead atoms. The fraction of sp³-hybridized carbons (Fsp3) is 0.176. The van der Waals surface area contributed by atoms with Crippen molar-refractivity contribution in [3.05, 3.63) is 51.6 Å². The minimum absolute atomic E-state index is 0.451. The lowest BCUT2D eigenvalue weighted by molar-refractivity contribution is 0.688. The van der Waals surface area contributed by atoms with Gasteiger partial charge in [-0.05, 0) is 29.5 Å². The van der Waals surface area contributed by atoms with Crippen molar-refractivity contribution in [2.45, 2.75) is 13.5 Å². The molecule has 0 aliphatic carbocycles. The number of rotatable bonds is 3. The van der Waals surface area contributed by atoms with Crippen molar-refractivity contribution in [3.63, 3.8) is 0 Å². The third-order valence-corrected chi connectivity index (χ3v) is 5.08. The molecule has 0 atom stereocenters. The number of nitrogens with zero attached hydrogens (tertiary/aromatic N) is 6. The van der Waals surface area contributed by atoms with Crippen molar-refractivity contribution in [1.82, 2.24) is 29.5 Å². The third-order valence-electron chi connectivity index (χ3n) is 4.33. The molecular formula is C17H16IN7. The summed E-state index contributed by atoms with van der Waals surface area (Å²) in [7, 11) is 1.95. The van der Waals surface area contributed by atoms with Gasteiger partial charge >= 0.3 is 0 Å². The smallest absolute Gasteiger partial charge is 0.164 e. The van der Waals surface area contributed by atoms with Crippen molar-refractivity contribution < 1.29 is 0 Å². The molecule has 1 aromatic carbocycles. The normalized spacial score (nSPS) is 11.3. The van der Waals surface area contributed by atoms with Gasteiger partial charge in [0.1, 0.15) is 15.8 Å². The summed E-state index contributed by atoms with van der Waals surface area (Å²) in [6, 6.07) is 10.2. The summed E-state index contributed by atoms with van der Waals surface area (Å²) in [6.07, 6.45) is 1.47. The van der Waals surface area contributed by atoms with Crippen molar-refractivity contribution >= 4 is 39.4 Å². The first-order chi connectivity index (χ1) is 12.1. The quantitative estimate of drug-likeness (QED) is 0.490. The molecule has 4 rings (SSSR count). The van der Waals surface area contributed by atoms with Crippen LogP contribution < -0.4 is 5.73 Å². The molecule has 0 saturated carbocycles. The standard InChI is InChI=1S/C17H16IN7/c1-10-12(14(22-24(10)2)11-6-4-3-5-7-11)8-25-17-13(15(18)23-25)16(19)20-9-21-17/h3-7,9H,8H2,1-2H3,(H2,19,20,21). The first kappa shape index (κ1) is 16.0. The maximum Gasteiger partial charge on any atom is 0.164 e. The number of aromatic nitrogens is 6. The summed E-state index contributed by atoms with van der Waals surface area (Å²) in [4.78, 5) is 8.44. The van der Waals surface area contributed by atoms with E-state index in [1.807, 2.05) is 34.6 Å². The van der Waals surface area contributed by atoms with Crippen molar-refractivity contribution in [3.8, 4) is 11.3 Å². The maximum atomic E-state index is 5.99. The molecule has 0 spiro atoms. The zero-order chi connectivity index (χ0) is 17.6. The molecule has 7 nitrogen and oxygen atoms in total. The van der Waals surface area contributed by atoms with Gasteiger partial charge in [-0.3, -0.25) is 4.68 Å². The van der Waals surface area contributed by atoms with Gasteiger partial charge in [-0.15, -0.1) is 0 Å². The molecule has 8 heteroatoms. The van der Waals surface area contributed by atoms with Crippen LogP contribution in [0.15, 0.2) is 36.7 Å². The monoisotopic (exact) mass is 445 g/mol. The molecular weight excluding hydrogens is 429 g/mol. The summed E-state index contributed by atoms with van der Waals surface area (Å²) in [5, 5.41) is 10.1. The van der Waals surface area contributed by atoms with Crippen molar-refractivity contribution in [1.29, 1.82) is 0 Å². The second kappa shape index (κ2) is 6.10. The third kappa shape index (κ3) is 2.66. The Bertz CT molecular complexity index is 1070. The number of fused-ring (bicyclic) bond motifs is 1. The Morgan fingerprint density at radius 3 is 2.64 bits per heavy atom. The lowest BCUT2D eigenvalue weighted by Gasteiger charge is -2.06. The van der Waals surface area contributed by atoms with Gasteiger partial charge in [0.25, 0.3) is 0 Å². The number of hydrogen-bond acceptors (Lipinski definition) is 5. The van der Waals surface area contributed by atoms with E-state index in [0.29, 0.717) is 12.4 Å². The lowest BCUT2D eigenvalue weighted by Crippen LogP contribution is -2.05. The van der Waals surface area contributed by atoms with Gasteiger partial charge in [0.2, 0.25) is 0 Å². The van der Waals surface area contributed by atoms with Crippen LogP contribution >= 0.6 is 22.6 Å². The van der Waals surface area contributed by atoms with E-state index >= 15 is 0 Å². The molecule has 0 aliphatic heterocycles. The molecule has 0 unspecified atom stereocenters. The fourth-order valence-electron chi connectivity index (χ4n) is 2.92. The average molecular weight is 445 g/mol. The summed E-state index contributed by atoms with van der Waals surface area (Å²) in [6.45, 7) is 2.63. The Morgan fingerprint density at radius 1 is 1.12 bits per heavy atom. The largest absolute Gasteiger partial charge is 0.383 e. The van der Waals surface area contributed by atoms with Gasteiger partial charge in [0, 0.05) is 23.9 Å². The van der Waals surface area contributed by atoms with E-state index in [9.17, 15) is 0 Å². The average Bonchev–Trinajstić information content (AvgIpc) is 3.08.